The minimum Gasteiger partial charge on any atom is -0.494 e. The first-order valence-corrected chi connectivity index (χ1v) is 13.7. The Hall–Kier alpha value is -4.15. The Labute approximate surface area is 222 Å². The number of aromatic nitrogens is 1. The summed E-state index contributed by atoms with van der Waals surface area (Å²) in [5.41, 5.74) is 3.80. The number of benzene rings is 3. The quantitative estimate of drug-likeness (QED) is 0.246. The molecule has 0 radical (unpaired) electrons. The van der Waals surface area contributed by atoms with Crippen molar-refractivity contribution in [3.63, 3.8) is 0 Å². The molecule has 0 unspecified atom stereocenters. The second-order valence-electron chi connectivity index (χ2n) is 9.08. The normalized spacial score (nSPS) is 12.2. The zero-order valence-electron chi connectivity index (χ0n) is 21.7. The highest BCUT2D eigenvalue weighted by Gasteiger charge is 2.21. The predicted molar refractivity (Wildman–Crippen MR) is 150 cm³/mol. The summed E-state index contributed by atoms with van der Waals surface area (Å²) in [4.78, 5) is 21.7. The van der Waals surface area contributed by atoms with Gasteiger partial charge in [0.2, 0.25) is 10.0 Å². The van der Waals surface area contributed by atoms with Crippen LogP contribution in [0.2, 0.25) is 0 Å². The number of fused-ring (bicyclic) bond motifs is 1. The molecule has 0 atom stereocenters. The van der Waals surface area contributed by atoms with Gasteiger partial charge in [0.05, 0.1) is 41.6 Å². The molecule has 0 saturated heterocycles. The van der Waals surface area contributed by atoms with Crippen molar-refractivity contribution in [2.75, 3.05) is 44.9 Å². The highest BCUT2D eigenvalue weighted by molar-refractivity contribution is 7.92. The third-order valence-electron chi connectivity index (χ3n) is 6.01. The number of nitrogens with zero attached hydrogens (tertiary/aromatic N) is 3. The monoisotopic (exact) mass is 534 g/mol. The average Bonchev–Trinajstić information content (AvgIpc) is 3.21. The molecule has 0 aliphatic heterocycles. The van der Waals surface area contributed by atoms with Crippen molar-refractivity contribution >= 4 is 44.0 Å². The number of likely N-dealkylation sites (N-methyl/N-ethyl adjacent to an activating group) is 1. The van der Waals surface area contributed by atoms with Crippen LogP contribution in [0.1, 0.15) is 21.5 Å². The van der Waals surface area contributed by atoms with Gasteiger partial charge in [-0.05, 0) is 50.5 Å². The molecule has 2 N–H and O–H groups in total. The summed E-state index contributed by atoms with van der Waals surface area (Å²) in [5, 5.41) is 11.6. The van der Waals surface area contributed by atoms with Crippen molar-refractivity contribution in [2.45, 2.75) is 0 Å². The van der Waals surface area contributed by atoms with E-state index in [0.29, 0.717) is 52.2 Å². The van der Waals surface area contributed by atoms with Gasteiger partial charge in [-0.25, -0.2) is 18.2 Å². The minimum atomic E-state index is -3.47. The SMILES string of the molecule is COC(=O)c1ccc2c(C(=Nc3ccc(N(CCN(C)C)S(C)(=O)=O)cc3)c3ccccc3)c(O)[nH]c2c1. The molecule has 4 rings (SSSR count). The van der Waals surface area contributed by atoms with E-state index >= 15 is 0 Å². The second kappa shape index (κ2) is 11.1. The summed E-state index contributed by atoms with van der Waals surface area (Å²) in [6.45, 7) is 0.892. The van der Waals surface area contributed by atoms with Crippen LogP contribution in [0.25, 0.3) is 10.9 Å². The van der Waals surface area contributed by atoms with Gasteiger partial charge in [-0.1, -0.05) is 36.4 Å². The molecule has 0 spiro atoms. The molecule has 1 aromatic heterocycles. The van der Waals surface area contributed by atoms with Gasteiger partial charge < -0.3 is 19.7 Å². The summed E-state index contributed by atoms with van der Waals surface area (Å²) in [6, 6.07) is 21.3. The molecule has 0 saturated carbocycles. The van der Waals surface area contributed by atoms with Crippen molar-refractivity contribution < 1.29 is 23.1 Å². The maximum Gasteiger partial charge on any atom is 0.337 e. The van der Waals surface area contributed by atoms with E-state index in [1.807, 2.05) is 49.3 Å². The van der Waals surface area contributed by atoms with Crippen LogP contribution in [0.4, 0.5) is 11.4 Å². The molecule has 0 bridgehead atoms. The Morgan fingerprint density at radius 3 is 2.26 bits per heavy atom. The number of aliphatic imine (C=N–C) groups is 1. The largest absolute Gasteiger partial charge is 0.494 e. The molecule has 3 aromatic carbocycles. The molecule has 198 valence electrons. The third kappa shape index (κ3) is 5.87. The number of hydrogen-bond acceptors (Lipinski definition) is 7. The number of sulfonamides is 1. The van der Waals surface area contributed by atoms with E-state index in [2.05, 4.69) is 4.98 Å². The Morgan fingerprint density at radius 1 is 0.974 bits per heavy atom. The molecule has 0 amide bonds. The third-order valence-corrected chi connectivity index (χ3v) is 7.21. The molecule has 1 heterocycles. The molecular formula is C28H30N4O5S. The fourth-order valence-electron chi connectivity index (χ4n) is 4.13. The minimum absolute atomic E-state index is 0.0897. The van der Waals surface area contributed by atoms with Crippen molar-refractivity contribution in [2.24, 2.45) is 4.99 Å². The predicted octanol–water partition coefficient (Wildman–Crippen LogP) is 4.16. The summed E-state index contributed by atoms with van der Waals surface area (Å²) in [5.74, 6) is -0.568. The number of anilines is 1. The van der Waals surface area contributed by atoms with Crippen LogP contribution in [0, 0.1) is 0 Å². The van der Waals surface area contributed by atoms with Gasteiger partial charge >= 0.3 is 5.97 Å². The first-order chi connectivity index (χ1) is 18.1. The van der Waals surface area contributed by atoms with E-state index in [4.69, 9.17) is 9.73 Å². The van der Waals surface area contributed by atoms with Gasteiger partial charge in [-0.2, -0.15) is 0 Å². The van der Waals surface area contributed by atoms with Gasteiger partial charge in [0.25, 0.3) is 0 Å². The molecule has 10 heteroatoms. The maximum absolute atomic E-state index is 12.4. The van der Waals surface area contributed by atoms with Crippen LogP contribution in [-0.4, -0.2) is 75.6 Å². The van der Waals surface area contributed by atoms with E-state index in [1.165, 1.54) is 17.7 Å². The lowest BCUT2D eigenvalue weighted by molar-refractivity contribution is 0.0601. The summed E-state index contributed by atoms with van der Waals surface area (Å²) in [6.07, 6.45) is 1.19. The number of rotatable bonds is 9. The fraction of sp³-hybridized carbons (Fsp3) is 0.214. The molecule has 9 nitrogen and oxygen atoms in total. The van der Waals surface area contributed by atoms with Crippen LogP contribution in [0.3, 0.4) is 0 Å². The van der Waals surface area contributed by atoms with Crippen LogP contribution >= 0.6 is 0 Å². The number of carbonyl (C=O) groups is 1. The molecule has 4 aromatic rings. The number of aromatic amines is 1. The lowest BCUT2D eigenvalue weighted by Gasteiger charge is -2.24. The topological polar surface area (TPSA) is 115 Å². The molecule has 0 aliphatic rings. The maximum atomic E-state index is 12.4. The van der Waals surface area contributed by atoms with Gasteiger partial charge in [-0.3, -0.25) is 4.31 Å². The van der Waals surface area contributed by atoms with Crippen molar-refractivity contribution in [1.29, 1.82) is 0 Å². The second-order valence-corrected chi connectivity index (χ2v) is 11.0. The zero-order valence-corrected chi connectivity index (χ0v) is 22.5. The molecule has 0 fully saturated rings. The number of nitrogens with one attached hydrogen (secondary N) is 1. The smallest absolute Gasteiger partial charge is 0.337 e. The number of carbonyl (C=O) groups excluding carboxylic acids is 1. The Balaban J connectivity index is 1.80. The number of aromatic hydroxyl groups is 1. The van der Waals surface area contributed by atoms with Crippen LogP contribution in [0.15, 0.2) is 77.8 Å². The fourth-order valence-corrected chi connectivity index (χ4v) is 5.05. The van der Waals surface area contributed by atoms with E-state index in [1.54, 1.807) is 42.5 Å². The highest BCUT2D eigenvalue weighted by Crippen LogP contribution is 2.32. The van der Waals surface area contributed by atoms with E-state index in [9.17, 15) is 18.3 Å². The van der Waals surface area contributed by atoms with E-state index in [-0.39, 0.29) is 5.88 Å². The van der Waals surface area contributed by atoms with E-state index in [0.717, 1.165) is 5.56 Å². The summed E-state index contributed by atoms with van der Waals surface area (Å²) in [7, 11) is 1.62. The van der Waals surface area contributed by atoms with Crippen molar-refractivity contribution in [1.82, 2.24) is 9.88 Å². The Bertz CT molecular complexity index is 1580. The summed E-state index contributed by atoms with van der Waals surface area (Å²) >= 11 is 0. The van der Waals surface area contributed by atoms with Crippen LogP contribution < -0.4 is 4.31 Å². The van der Waals surface area contributed by atoms with Gasteiger partial charge in [0.15, 0.2) is 5.88 Å². The highest BCUT2D eigenvalue weighted by atomic mass is 32.2. The van der Waals surface area contributed by atoms with Gasteiger partial charge in [-0.15, -0.1) is 0 Å². The number of methoxy groups -OCH3 is 1. The van der Waals surface area contributed by atoms with Crippen LogP contribution in [-0.2, 0) is 14.8 Å². The number of esters is 1. The van der Waals surface area contributed by atoms with E-state index < -0.39 is 16.0 Å². The number of ether oxygens (including phenoxy) is 1. The Kier molecular flexibility index (Phi) is 7.84. The molecule has 0 aliphatic carbocycles. The number of hydrogen-bond donors (Lipinski definition) is 2. The lowest BCUT2D eigenvalue weighted by Crippen LogP contribution is -2.35. The van der Waals surface area contributed by atoms with Gasteiger partial charge in [0.1, 0.15) is 0 Å². The molecular weight excluding hydrogens is 504 g/mol. The Morgan fingerprint density at radius 2 is 1.66 bits per heavy atom. The van der Waals surface area contributed by atoms with Crippen molar-refractivity contribution in [3.05, 3.63) is 89.5 Å². The zero-order chi connectivity index (χ0) is 27.4. The first-order valence-electron chi connectivity index (χ1n) is 11.9. The first kappa shape index (κ1) is 26.9. The average molecular weight is 535 g/mol. The lowest BCUT2D eigenvalue weighted by atomic mass is 10.00. The van der Waals surface area contributed by atoms with Crippen LogP contribution in [0.5, 0.6) is 5.88 Å². The van der Waals surface area contributed by atoms with Gasteiger partial charge in [0, 0.05) is 29.6 Å². The van der Waals surface area contributed by atoms with Crippen molar-refractivity contribution in [3.8, 4) is 5.88 Å². The molecule has 38 heavy (non-hydrogen) atoms. The standard InChI is InChI=1S/C28H30N4O5S/c1-31(2)16-17-32(38(4,35)36)22-13-11-21(12-14-22)29-26(19-8-6-5-7-9-19)25-23-15-10-20(28(34)37-3)18-24(23)30-27(25)33/h5-15,18,30,33H,16-17H2,1-4H3. The number of H-pyrrole nitrogens is 1. The summed E-state index contributed by atoms with van der Waals surface area (Å²) < 4.78 is 31.0.